The maximum absolute atomic E-state index is 13.9. The van der Waals surface area contributed by atoms with E-state index in [0.29, 0.717) is 11.2 Å². The molecule has 0 N–H and O–H groups in total. The summed E-state index contributed by atoms with van der Waals surface area (Å²) in [6.45, 7) is 7.82. The molecule has 1 aliphatic rings. The van der Waals surface area contributed by atoms with Gasteiger partial charge in [-0.3, -0.25) is 0 Å². The fourth-order valence-electron chi connectivity index (χ4n) is 2.41. The molecule has 0 aromatic heterocycles. The van der Waals surface area contributed by atoms with Crippen molar-refractivity contribution in [2.75, 3.05) is 0 Å². The Kier molecular flexibility index (Phi) is 4.14. The second-order valence-corrected chi connectivity index (χ2v) is 6.80. The summed E-state index contributed by atoms with van der Waals surface area (Å²) in [7, 11) is -0.630. The average molecular weight is 332 g/mol. The zero-order valence-electron chi connectivity index (χ0n) is 14.1. The molecule has 3 nitrogen and oxygen atoms in total. The summed E-state index contributed by atoms with van der Waals surface area (Å²) in [5, 5.41) is 0. The van der Waals surface area contributed by atoms with Gasteiger partial charge >= 0.3 is 7.12 Å². The normalized spacial score (nSPS) is 18.7. The average Bonchev–Trinajstić information content (AvgIpc) is 2.71. The summed E-state index contributed by atoms with van der Waals surface area (Å²) in [5.74, 6) is -1.07. The molecule has 0 atom stereocenters. The van der Waals surface area contributed by atoms with Crippen LogP contribution in [0.2, 0.25) is 0 Å². The minimum atomic E-state index is -0.765. The van der Waals surface area contributed by atoms with Gasteiger partial charge in [-0.1, -0.05) is 18.2 Å². The van der Waals surface area contributed by atoms with Crippen molar-refractivity contribution in [3.05, 3.63) is 54.1 Å². The second-order valence-electron chi connectivity index (χ2n) is 6.80. The number of hydrogen-bond acceptors (Lipinski definition) is 3. The van der Waals surface area contributed by atoms with Gasteiger partial charge in [0.1, 0.15) is 11.6 Å². The summed E-state index contributed by atoms with van der Waals surface area (Å²) in [6, 6.07) is 10.3. The molecule has 3 rings (SSSR count). The van der Waals surface area contributed by atoms with E-state index in [1.807, 2.05) is 33.8 Å². The van der Waals surface area contributed by atoms with Gasteiger partial charge in [0.25, 0.3) is 0 Å². The molecule has 0 spiro atoms. The first-order chi connectivity index (χ1) is 11.2. The van der Waals surface area contributed by atoms with E-state index in [9.17, 15) is 8.78 Å². The maximum atomic E-state index is 13.9. The molecular formula is C18H19BF2O3. The third-order valence-corrected chi connectivity index (χ3v) is 4.54. The van der Waals surface area contributed by atoms with Gasteiger partial charge in [-0.05, 0) is 45.9 Å². The van der Waals surface area contributed by atoms with Crippen LogP contribution in [-0.4, -0.2) is 18.3 Å². The van der Waals surface area contributed by atoms with Crippen LogP contribution in [0.25, 0.3) is 0 Å². The van der Waals surface area contributed by atoms with Crippen LogP contribution >= 0.6 is 0 Å². The van der Waals surface area contributed by atoms with Crippen LogP contribution in [0.1, 0.15) is 27.7 Å². The van der Waals surface area contributed by atoms with Gasteiger partial charge < -0.3 is 14.0 Å². The number of rotatable bonds is 3. The highest BCUT2D eigenvalue weighted by Crippen LogP contribution is 2.37. The van der Waals surface area contributed by atoms with Gasteiger partial charge in [-0.25, -0.2) is 8.78 Å². The Morgan fingerprint density at radius 2 is 1.50 bits per heavy atom. The van der Waals surface area contributed by atoms with E-state index in [2.05, 4.69) is 0 Å². The van der Waals surface area contributed by atoms with Crippen LogP contribution in [0, 0.1) is 11.6 Å². The van der Waals surface area contributed by atoms with E-state index >= 15 is 0 Å². The molecule has 6 heteroatoms. The zero-order valence-corrected chi connectivity index (χ0v) is 14.1. The second kappa shape index (κ2) is 5.86. The zero-order chi connectivity index (χ0) is 17.5. The molecule has 0 bridgehead atoms. The highest BCUT2D eigenvalue weighted by Gasteiger charge is 2.52. The first-order valence-corrected chi connectivity index (χ1v) is 7.77. The fourth-order valence-corrected chi connectivity index (χ4v) is 2.41. The number of halogens is 2. The van der Waals surface area contributed by atoms with Crippen LogP contribution in [0.15, 0.2) is 42.5 Å². The molecule has 0 amide bonds. The van der Waals surface area contributed by atoms with Crippen molar-refractivity contribution in [3.8, 4) is 11.5 Å². The van der Waals surface area contributed by atoms with Gasteiger partial charge in [-0.2, -0.15) is 0 Å². The predicted octanol–water partition coefficient (Wildman–Crippen LogP) is 4.06. The van der Waals surface area contributed by atoms with Crippen molar-refractivity contribution in [2.45, 2.75) is 38.9 Å². The molecule has 0 unspecified atom stereocenters. The minimum absolute atomic E-state index is 0.0552. The summed E-state index contributed by atoms with van der Waals surface area (Å²) >= 11 is 0. The van der Waals surface area contributed by atoms with Crippen molar-refractivity contribution < 1.29 is 22.8 Å². The predicted molar refractivity (Wildman–Crippen MR) is 88.6 cm³/mol. The molecule has 0 saturated carbocycles. The molecule has 2 aromatic carbocycles. The number of ether oxygens (including phenoxy) is 1. The standard InChI is InChI=1S/C18H19BF2O3/c1-17(2)18(3,4)24-19(23-17)13-7-5-6-8-15(13)22-16-10-9-12(20)11-14(16)21/h5-11H,1-4H3. The van der Waals surface area contributed by atoms with E-state index < -0.39 is 30.0 Å². The largest absolute Gasteiger partial charge is 0.498 e. The lowest BCUT2D eigenvalue weighted by atomic mass is 9.78. The molecule has 1 saturated heterocycles. The van der Waals surface area contributed by atoms with E-state index in [1.54, 1.807) is 18.2 Å². The van der Waals surface area contributed by atoms with Crippen LogP contribution in [0.4, 0.5) is 8.78 Å². The Hall–Kier alpha value is -1.92. The molecule has 1 fully saturated rings. The van der Waals surface area contributed by atoms with Crippen LogP contribution < -0.4 is 10.2 Å². The molecule has 0 aliphatic carbocycles. The number of hydrogen-bond donors (Lipinski definition) is 0. The Labute approximate surface area is 140 Å². The van der Waals surface area contributed by atoms with Crippen molar-refractivity contribution in [2.24, 2.45) is 0 Å². The van der Waals surface area contributed by atoms with Crippen molar-refractivity contribution in [1.82, 2.24) is 0 Å². The minimum Gasteiger partial charge on any atom is -0.455 e. The quantitative estimate of drug-likeness (QED) is 0.794. The first kappa shape index (κ1) is 16.9. The first-order valence-electron chi connectivity index (χ1n) is 7.77. The molecule has 2 aromatic rings. The SMILES string of the molecule is CC1(C)OB(c2ccccc2Oc2ccc(F)cc2F)OC1(C)C. The Bertz CT molecular complexity index is 746. The Balaban J connectivity index is 1.92. The summed E-state index contributed by atoms with van der Waals surface area (Å²) in [4.78, 5) is 0. The van der Waals surface area contributed by atoms with E-state index in [1.165, 1.54) is 6.07 Å². The van der Waals surface area contributed by atoms with Gasteiger partial charge in [0.2, 0.25) is 0 Å². The van der Waals surface area contributed by atoms with E-state index in [-0.39, 0.29) is 5.75 Å². The fraction of sp³-hybridized carbons (Fsp3) is 0.333. The van der Waals surface area contributed by atoms with Crippen molar-refractivity contribution >= 4 is 12.6 Å². The van der Waals surface area contributed by atoms with Gasteiger partial charge in [-0.15, -0.1) is 0 Å². The third kappa shape index (κ3) is 3.04. The highest BCUT2D eigenvalue weighted by molar-refractivity contribution is 6.63. The van der Waals surface area contributed by atoms with Gasteiger partial charge in [0.05, 0.1) is 11.2 Å². The lowest BCUT2D eigenvalue weighted by molar-refractivity contribution is 0.00578. The van der Waals surface area contributed by atoms with Crippen LogP contribution in [-0.2, 0) is 9.31 Å². The monoisotopic (exact) mass is 332 g/mol. The lowest BCUT2D eigenvalue weighted by Gasteiger charge is -2.32. The molecule has 24 heavy (non-hydrogen) atoms. The summed E-state index contributed by atoms with van der Waals surface area (Å²) in [5.41, 5.74) is -0.336. The molecule has 126 valence electrons. The van der Waals surface area contributed by atoms with Crippen LogP contribution in [0.5, 0.6) is 11.5 Å². The Morgan fingerprint density at radius 1 is 0.875 bits per heavy atom. The van der Waals surface area contributed by atoms with E-state index in [4.69, 9.17) is 14.0 Å². The molecular weight excluding hydrogens is 313 g/mol. The van der Waals surface area contributed by atoms with Gasteiger partial charge in [0.15, 0.2) is 11.6 Å². The van der Waals surface area contributed by atoms with Crippen LogP contribution in [0.3, 0.4) is 0 Å². The third-order valence-electron chi connectivity index (χ3n) is 4.54. The van der Waals surface area contributed by atoms with Crippen molar-refractivity contribution in [3.63, 3.8) is 0 Å². The topological polar surface area (TPSA) is 27.7 Å². The maximum Gasteiger partial charge on any atom is 0.498 e. The highest BCUT2D eigenvalue weighted by atomic mass is 19.1. The molecule has 1 heterocycles. The lowest BCUT2D eigenvalue weighted by Crippen LogP contribution is -2.41. The smallest absolute Gasteiger partial charge is 0.455 e. The number of para-hydroxylation sites is 1. The molecule has 1 aliphatic heterocycles. The number of benzene rings is 2. The van der Waals surface area contributed by atoms with E-state index in [0.717, 1.165) is 12.1 Å². The summed E-state index contributed by atoms with van der Waals surface area (Å²) in [6.07, 6.45) is 0. The van der Waals surface area contributed by atoms with Crippen molar-refractivity contribution in [1.29, 1.82) is 0 Å². The molecule has 0 radical (unpaired) electrons. The summed E-state index contributed by atoms with van der Waals surface area (Å²) < 4.78 is 44.6. The van der Waals surface area contributed by atoms with Gasteiger partial charge in [0, 0.05) is 11.5 Å². The Morgan fingerprint density at radius 3 is 2.12 bits per heavy atom.